The Bertz CT molecular complexity index is 445. The van der Waals surface area contributed by atoms with Crippen LogP contribution in [0.15, 0.2) is 30.7 Å². The van der Waals surface area contributed by atoms with E-state index in [1.165, 1.54) is 0 Å². The summed E-state index contributed by atoms with van der Waals surface area (Å²) in [5, 5.41) is 9.24. The van der Waals surface area contributed by atoms with Crippen LogP contribution in [0, 0.1) is 0 Å². The van der Waals surface area contributed by atoms with Gasteiger partial charge in [0, 0.05) is 24.0 Å². The van der Waals surface area contributed by atoms with E-state index in [-0.39, 0.29) is 12.0 Å². The van der Waals surface area contributed by atoms with E-state index < -0.39 is 0 Å². The van der Waals surface area contributed by atoms with Gasteiger partial charge in [-0.1, -0.05) is 13.8 Å². The number of aliphatic hydroxyl groups excluding tert-OH is 1. The van der Waals surface area contributed by atoms with Gasteiger partial charge in [-0.15, -0.1) is 0 Å². The molecular weight excluding hydrogens is 176 g/mol. The summed E-state index contributed by atoms with van der Waals surface area (Å²) >= 11 is 0. The second-order valence-corrected chi connectivity index (χ2v) is 4.15. The summed E-state index contributed by atoms with van der Waals surface area (Å²) < 4.78 is 1.96. The highest BCUT2D eigenvalue weighted by atomic mass is 16.3. The number of nitrogens with zero attached hydrogens (tertiary/aromatic N) is 2. The van der Waals surface area contributed by atoms with Gasteiger partial charge in [0.05, 0.1) is 6.61 Å². The summed E-state index contributed by atoms with van der Waals surface area (Å²) in [6.45, 7) is 4.17. The second kappa shape index (κ2) is 3.10. The Hall–Kier alpha value is -1.35. The van der Waals surface area contributed by atoms with E-state index in [4.69, 9.17) is 0 Å². The van der Waals surface area contributed by atoms with Gasteiger partial charge >= 0.3 is 0 Å². The number of hydrogen-bond donors (Lipinski definition) is 1. The summed E-state index contributed by atoms with van der Waals surface area (Å²) in [6.07, 6.45) is 5.64. The number of pyridine rings is 1. The van der Waals surface area contributed by atoms with Crippen molar-refractivity contribution in [3.63, 3.8) is 0 Å². The first-order chi connectivity index (χ1) is 6.63. The highest BCUT2D eigenvalue weighted by Crippen LogP contribution is 2.22. The number of fused-ring (bicyclic) bond motifs is 1. The summed E-state index contributed by atoms with van der Waals surface area (Å²) in [7, 11) is 0. The SMILES string of the molecule is CC(C)(CO)c1ccn2ccnc2c1. The minimum atomic E-state index is -0.201. The summed E-state index contributed by atoms with van der Waals surface area (Å²) in [4.78, 5) is 4.21. The van der Waals surface area contributed by atoms with Crippen LogP contribution in [-0.2, 0) is 5.41 Å². The van der Waals surface area contributed by atoms with Gasteiger partial charge in [-0.2, -0.15) is 0 Å². The molecule has 2 aromatic rings. The van der Waals surface area contributed by atoms with Crippen LogP contribution in [0.2, 0.25) is 0 Å². The van der Waals surface area contributed by atoms with Gasteiger partial charge in [-0.3, -0.25) is 0 Å². The molecule has 2 heterocycles. The average molecular weight is 190 g/mol. The number of hydrogen-bond acceptors (Lipinski definition) is 2. The lowest BCUT2D eigenvalue weighted by atomic mass is 9.86. The summed E-state index contributed by atoms with van der Waals surface area (Å²) in [5.41, 5.74) is 1.83. The molecule has 0 aliphatic carbocycles. The molecule has 3 heteroatoms. The van der Waals surface area contributed by atoms with Gasteiger partial charge in [-0.05, 0) is 17.7 Å². The lowest BCUT2D eigenvalue weighted by molar-refractivity contribution is 0.218. The second-order valence-electron chi connectivity index (χ2n) is 4.15. The predicted molar refractivity (Wildman–Crippen MR) is 55.3 cm³/mol. The van der Waals surface area contributed by atoms with E-state index in [2.05, 4.69) is 4.98 Å². The van der Waals surface area contributed by atoms with E-state index in [1.54, 1.807) is 6.20 Å². The van der Waals surface area contributed by atoms with Crippen LogP contribution < -0.4 is 0 Å². The van der Waals surface area contributed by atoms with Crippen molar-refractivity contribution < 1.29 is 5.11 Å². The molecule has 0 saturated heterocycles. The normalized spacial score (nSPS) is 12.2. The Morgan fingerprint density at radius 3 is 2.93 bits per heavy atom. The molecule has 3 nitrogen and oxygen atoms in total. The van der Waals surface area contributed by atoms with Crippen molar-refractivity contribution in [3.8, 4) is 0 Å². The monoisotopic (exact) mass is 190 g/mol. The van der Waals surface area contributed by atoms with Crippen LogP contribution in [0.1, 0.15) is 19.4 Å². The Morgan fingerprint density at radius 1 is 1.43 bits per heavy atom. The van der Waals surface area contributed by atoms with Crippen LogP contribution >= 0.6 is 0 Å². The van der Waals surface area contributed by atoms with Crippen molar-refractivity contribution in [2.75, 3.05) is 6.61 Å². The molecular formula is C11H14N2O. The topological polar surface area (TPSA) is 37.5 Å². The Kier molecular flexibility index (Phi) is 2.04. The molecule has 1 N–H and O–H groups in total. The molecule has 0 fully saturated rings. The third kappa shape index (κ3) is 1.40. The molecule has 14 heavy (non-hydrogen) atoms. The molecule has 0 radical (unpaired) electrons. The molecule has 0 atom stereocenters. The maximum absolute atomic E-state index is 9.24. The molecule has 0 saturated carbocycles. The van der Waals surface area contributed by atoms with E-state index in [9.17, 15) is 5.11 Å². The highest BCUT2D eigenvalue weighted by molar-refractivity contribution is 5.43. The molecule has 0 unspecified atom stereocenters. The maximum atomic E-state index is 9.24. The lowest BCUT2D eigenvalue weighted by Crippen LogP contribution is -2.22. The predicted octanol–water partition coefficient (Wildman–Crippen LogP) is 1.60. The molecule has 0 aliphatic rings. The molecule has 2 rings (SSSR count). The number of aromatic nitrogens is 2. The van der Waals surface area contributed by atoms with Gasteiger partial charge < -0.3 is 9.51 Å². The smallest absolute Gasteiger partial charge is 0.136 e. The first-order valence-electron chi connectivity index (χ1n) is 4.67. The third-order valence-corrected chi connectivity index (χ3v) is 2.57. The van der Waals surface area contributed by atoms with Crippen molar-refractivity contribution in [2.24, 2.45) is 0 Å². The van der Waals surface area contributed by atoms with Crippen LogP contribution in [0.3, 0.4) is 0 Å². The van der Waals surface area contributed by atoms with E-state index in [1.807, 2.05) is 42.8 Å². The Morgan fingerprint density at radius 2 is 2.21 bits per heavy atom. The summed E-state index contributed by atoms with van der Waals surface area (Å²) in [6, 6.07) is 4.03. The standard InChI is InChI=1S/C11H14N2O/c1-11(2,8-14)9-3-5-13-6-4-12-10(13)7-9/h3-7,14H,8H2,1-2H3. The number of aliphatic hydroxyl groups is 1. The average Bonchev–Trinajstić information content (AvgIpc) is 2.64. The van der Waals surface area contributed by atoms with Crippen LogP contribution in [-0.4, -0.2) is 21.1 Å². The zero-order chi connectivity index (χ0) is 10.2. The fourth-order valence-electron chi connectivity index (χ4n) is 1.42. The van der Waals surface area contributed by atoms with Crippen LogP contribution in [0.5, 0.6) is 0 Å². The van der Waals surface area contributed by atoms with Crippen LogP contribution in [0.4, 0.5) is 0 Å². The largest absolute Gasteiger partial charge is 0.395 e. The van der Waals surface area contributed by atoms with Crippen molar-refractivity contribution in [3.05, 3.63) is 36.3 Å². The first kappa shape index (κ1) is 9.21. The zero-order valence-corrected chi connectivity index (χ0v) is 8.44. The molecule has 74 valence electrons. The van der Waals surface area contributed by atoms with Gasteiger partial charge in [-0.25, -0.2) is 4.98 Å². The molecule has 0 spiro atoms. The maximum Gasteiger partial charge on any atom is 0.136 e. The first-order valence-corrected chi connectivity index (χ1v) is 4.67. The molecule has 0 aromatic carbocycles. The molecule has 0 aliphatic heterocycles. The molecule has 0 amide bonds. The Labute approximate surface area is 83.0 Å². The quantitative estimate of drug-likeness (QED) is 0.781. The van der Waals surface area contributed by atoms with E-state index in [0.717, 1.165) is 11.2 Å². The van der Waals surface area contributed by atoms with Crippen LogP contribution in [0.25, 0.3) is 5.65 Å². The van der Waals surface area contributed by atoms with Crippen molar-refractivity contribution >= 4 is 5.65 Å². The number of imidazole rings is 1. The third-order valence-electron chi connectivity index (χ3n) is 2.57. The number of rotatable bonds is 2. The van der Waals surface area contributed by atoms with E-state index in [0.29, 0.717) is 0 Å². The van der Waals surface area contributed by atoms with Crippen molar-refractivity contribution in [1.29, 1.82) is 0 Å². The minimum absolute atomic E-state index is 0.143. The highest BCUT2D eigenvalue weighted by Gasteiger charge is 2.19. The fourth-order valence-corrected chi connectivity index (χ4v) is 1.42. The molecule has 2 aromatic heterocycles. The zero-order valence-electron chi connectivity index (χ0n) is 8.44. The fraction of sp³-hybridized carbons (Fsp3) is 0.364. The molecule has 0 bridgehead atoms. The van der Waals surface area contributed by atoms with E-state index >= 15 is 0 Å². The van der Waals surface area contributed by atoms with Gasteiger partial charge in [0.25, 0.3) is 0 Å². The minimum Gasteiger partial charge on any atom is -0.395 e. The van der Waals surface area contributed by atoms with Gasteiger partial charge in [0.2, 0.25) is 0 Å². The van der Waals surface area contributed by atoms with Crippen molar-refractivity contribution in [1.82, 2.24) is 9.38 Å². The van der Waals surface area contributed by atoms with Crippen molar-refractivity contribution in [2.45, 2.75) is 19.3 Å². The van der Waals surface area contributed by atoms with Gasteiger partial charge in [0.1, 0.15) is 5.65 Å². The Balaban J connectivity index is 2.53. The summed E-state index contributed by atoms with van der Waals surface area (Å²) in [5.74, 6) is 0. The lowest BCUT2D eigenvalue weighted by Gasteiger charge is -2.21. The van der Waals surface area contributed by atoms with Gasteiger partial charge in [0.15, 0.2) is 0 Å².